The molecule has 3 rings (SSSR count). The summed E-state index contributed by atoms with van der Waals surface area (Å²) in [4.78, 5) is 12.4. The van der Waals surface area contributed by atoms with Crippen molar-refractivity contribution in [2.45, 2.75) is 33.2 Å². The molecule has 0 saturated heterocycles. The summed E-state index contributed by atoms with van der Waals surface area (Å²) < 4.78 is 0. The first-order valence-electron chi connectivity index (χ1n) is 8.28. The minimum atomic E-state index is -0.105. The Balaban J connectivity index is 1.86. The fourth-order valence-corrected chi connectivity index (χ4v) is 3.31. The molecule has 2 aromatic rings. The summed E-state index contributed by atoms with van der Waals surface area (Å²) in [6.45, 7) is 7.75. The van der Waals surface area contributed by atoms with Crippen molar-refractivity contribution in [1.82, 2.24) is 10.4 Å². The number of phenols is 1. The smallest absolute Gasteiger partial charge is 0.265 e. The van der Waals surface area contributed by atoms with E-state index in [9.17, 15) is 9.90 Å². The lowest BCUT2D eigenvalue weighted by molar-refractivity contribution is 0.0684. The van der Waals surface area contributed by atoms with Crippen LogP contribution in [-0.2, 0) is 6.54 Å². The summed E-state index contributed by atoms with van der Waals surface area (Å²) in [7, 11) is 0. The van der Waals surface area contributed by atoms with Crippen molar-refractivity contribution in [3.05, 3.63) is 65.2 Å². The third kappa shape index (κ3) is 3.29. The Bertz CT molecular complexity index is 735. The van der Waals surface area contributed by atoms with Crippen LogP contribution in [-0.4, -0.2) is 22.6 Å². The molecule has 1 aliphatic heterocycles. The highest BCUT2D eigenvalue weighted by Crippen LogP contribution is 2.43. The summed E-state index contributed by atoms with van der Waals surface area (Å²) in [5, 5.41) is 12.3. The zero-order valence-electron chi connectivity index (χ0n) is 14.4. The van der Waals surface area contributed by atoms with Crippen molar-refractivity contribution in [2.24, 2.45) is 5.41 Å². The minimum Gasteiger partial charge on any atom is -0.508 e. The SMILES string of the molecule is CC(C)(C)C1CN(NC(=O)c2ccccc2)Cc2cccc(O)c21. The van der Waals surface area contributed by atoms with Crippen LogP contribution in [0.25, 0.3) is 0 Å². The van der Waals surface area contributed by atoms with Crippen molar-refractivity contribution in [3.8, 4) is 5.75 Å². The normalized spacial score (nSPS) is 18.0. The van der Waals surface area contributed by atoms with E-state index in [1.165, 1.54) is 0 Å². The Labute approximate surface area is 143 Å². The quantitative estimate of drug-likeness (QED) is 0.886. The molecule has 126 valence electrons. The summed E-state index contributed by atoms with van der Waals surface area (Å²) in [5.74, 6) is 0.381. The lowest BCUT2D eigenvalue weighted by atomic mass is 9.73. The number of phenolic OH excluding ortho intramolecular Hbond substituents is 1. The number of fused-ring (bicyclic) bond motifs is 1. The molecule has 1 aliphatic rings. The number of benzene rings is 2. The molecule has 1 amide bonds. The van der Waals surface area contributed by atoms with Gasteiger partial charge in [-0.15, -0.1) is 0 Å². The molecule has 24 heavy (non-hydrogen) atoms. The van der Waals surface area contributed by atoms with Crippen LogP contribution >= 0.6 is 0 Å². The third-order valence-electron chi connectivity index (χ3n) is 4.63. The predicted octanol–water partition coefficient (Wildman–Crippen LogP) is 3.68. The molecule has 4 nitrogen and oxygen atoms in total. The Morgan fingerprint density at radius 3 is 2.50 bits per heavy atom. The van der Waals surface area contributed by atoms with Gasteiger partial charge in [-0.2, -0.15) is 0 Å². The second-order valence-electron chi connectivity index (χ2n) is 7.46. The summed E-state index contributed by atoms with van der Waals surface area (Å²) in [6.07, 6.45) is 0. The average Bonchev–Trinajstić information content (AvgIpc) is 2.54. The van der Waals surface area contributed by atoms with E-state index in [-0.39, 0.29) is 17.2 Å². The van der Waals surface area contributed by atoms with Gasteiger partial charge < -0.3 is 5.11 Å². The summed E-state index contributed by atoms with van der Waals surface area (Å²) >= 11 is 0. The highest BCUT2D eigenvalue weighted by Gasteiger charge is 2.36. The molecule has 0 bridgehead atoms. The Morgan fingerprint density at radius 1 is 1.12 bits per heavy atom. The second-order valence-corrected chi connectivity index (χ2v) is 7.46. The molecule has 0 aromatic heterocycles. The number of hydrogen-bond donors (Lipinski definition) is 2. The Kier molecular flexibility index (Phi) is 4.33. The Hall–Kier alpha value is -2.33. The van der Waals surface area contributed by atoms with E-state index in [4.69, 9.17) is 0 Å². The van der Waals surface area contributed by atoms with Gasteiger partial charge in [-0.05, 0) is 29.2 Å². The topological polar surface area (TPSA) is 52.6 Å². The third-order valence-corrected chi connectivity index (χ3v) is 4.63. The molecule has 1 heterocycles. The molecular formula is C20H24N2O2. The van der Waals surface area contributed by atoms with Crippen molar-refractivity contribution in [2.75, 3.05) is 6.54 Å². The van der Waals surface area contributed by atoms with Crippen molar-refractivity contribution < 1.29 is 9.90 Å². The average molecular weight is 324 g/mol. The van der Waals surface area contributed by atoms with Crippen LogP contribution in [0, 0.1) is 5.41 Å². The first-order chi connectivity index (χ1) is 11.4. The molecule has 2 aromatic carbocycles. The van der Waals surface area contributed by atoms with Crippen LogP contribution in [0.15, 0.2) is 48.5 Å². The monoisotopic (exact) mass is 324 g/mol. The van der Waals surface area contributed by atoms with Crippen LogP contribution in [0.4, 0.5) is 0 Å². The molecule has 2 N–H and O–H groups in total. The maximum absolute atomic E-state index is 12.4. The highest BCUT2D eigenvalue weighted by atomic mass is 16.3. The van der Waals surface area contributed by atoms with Crippen molar-refractivity contribution >= 4 is 5.91 Å². The Morgan fingerprint density at radius 2 is 1.83 bits per heavy atom. The molecule has 1 unspecified atom stereocenters. The standard InChI is InChI=1S/C20H24N2O2/c1-20(2,3)16-13-22(12-15-10-7-11-17(23)18(15)16)21-19(24)14-8-5-4-6-9-14/h4-11,16,23H,12-13H2,1-3H3,(H,21,24). The number of nitrogens with one attached hydrogen (secondary N) is 1. The van der Waals surface area contributed by atoms with Crippen molar-refractivity contribution in [3.63, 3.8) is 0 Å². The maximum atomic E-state index is 12.4. The van der Waals surface area contributed by atoms with Gasteiger partial charge in [-0.1, -0.05) is 51.1 Å². The van der Waals surface area contributed by atoms with Crippen LogP contribution in [0.2, 0.25) is 0 Å². The van der Waals surface area contributed by atoms with Crippen LogP contribution in [0.3, 0.4) is 0 Å². The maximum Gasteiger partial charge on any atom is 0.265 e. The van der Waals surface area contributed by atoms with Gasteiger partial charge in [0.25, 0.3) is 5.91 Å². The van der Waals surface area contributed by atoms with Crippen LogP contribution < -0.4 is 5.43 Å². The van der Waals surface area contributed by atoms with Gasteiger partial charge in [-0.3, -0.25) is 10.2 Å². The van der Waals surface area contributed by atoms with Gasteiger partial charge in [0, 0.05) is 30.1 Å². The number of carbonyl (C=O) groups excluding carboxylic acids is 1. The zero-order chi connectivity index (χ0) is 17.3. The van der Waals surface area contributed by atoms with Gasteiger partial charge >= 0.3 is 0 Å². The summed E-state index contributed by atoms with van der Waals surface area (Å²) in [6, 6.07) is 14.8. The van der Waals surface area contributed by atoms with E-state index in [0.29, 0.717) is 24.4 Å². The first kappa shape index (κ1) is 16.5. The molecule has 4 heteroatoms. The van der Waals surface area contributed by atoms with Gasteiger partial charge in [-0.25, -0.2) is 5.01 Å². The zero-order valence-corrected chi connectivity index (χ0v) is 14.4. The molecule has 0 aliphatic carbocycles. The van der Waals surface area contributed by atoms with Crippen molar-refractivity contribution in [1.29, 1.82) is 0 Å². The fourth-order valence-electron chi connectivity index (χ4n) is 3.31. The van der Waals surface area contributed by atoms with Crippen LogP contribution in [0.5, 0.6) is 5.75 Å². The van der Waals surface area contributed by atoms with E-state index in [1.807, 2.05) is 35.3 Å². The predicted molar refractivity (Wildman–Crippen MR) is 94.6 cm³/mol. The number of aromatic hydroxyl groups is 1. The highest BCUT2D eigenvalue weighted by molar-refractivity contribution is 5.93. The number of nitrogens with zero attached hydrogens (tertiary/aromatic N) is 1. The lowest BCUT2D eigenvalue weighted by Crippen LogP contribution is -2.48. The molecule has 0 radical (unpaired) electrons. The van der Waals surface area contributed by atoms with E-state index < -0.39 is 0 Å². The number of hydrazine groups is 1. The first-order valence-corrected chi connectivity index (χ1v) is 8.28. The molecular weight excluding hydrogens is 300 g/mol. The van der Waals surface area contributed by atoms with Gasteiger partial charge in [0.2, 0.25) is 0 Å². The largest absolute Gasteiger partial charge is 0.508 e. The van der Waals surface area contributed by atoms with Crippen LogP contribution in [0.1, 0.15) is 48.2 Å². The molecule has 0 fully saturated rings. The van der Waals surface area contributed by atoms with Gasteiger partial charge in [0.05, 0.1) is 0 Å². The lowest BCUT2D eigenvalue weighted by Gasteiger charge is -2.41. The van der Waals surface area contributed by atoms with E-state index in [1.54, 1.807) is 18.2 Å². The minimum absolute atomic E-state index is 0.0241. The molecule has 0 spiro atoms. The van der Waals surface area contributed by atoms with Gasteiger partial charge in [0.1, 0.15) is 5.75 Å². The van der Waals surface area contributed by atoms with E-state index in [0.717, 1.165) is 11.1 Å². The van der Waals surface area contributed by atoms with E-state index in [2.05, 4.69) is 26.2 Å². The van der Waals surface area contributed by atoms with E-state index >= 15 is 0 Å². The second kappa shape index (κ2) is 6.29. The number of rotatable bonds is 2. The fraction of sp³-hybridized carbons (Fsp3) is 0.350. The van der Waals surface area contributed by atoms with Gasteiger partial charge in [0.15, 0.2) is 0 Å². The molecule has 1 atom stereocenters. The molecule has 0 saturated carbocycles. The number of amides is 1. The number of carbonyl (C=O) groups is 1. The summed E-state index contributed by atoms with van der Waals surface area (Å²) in [5.41, 5.74) is 5.71. The number of hydrogen-bond acceptors (Lipinski definition) is 3.